The van der Waals surface area contributed by atoms with Gasteiger partial charge in [0.2, 0.25) is 6.29 Å². The van der Waals surface area contributed by atoms with Gasteiger partial charge in [0, 0.05) is 5.56 Å². The van der Waals surface area contributed by atoms with E-state index in [4.69, 9.17) is 23.7 Å². The van der Waals surface area contributed by atoms with Gasteiger partial charge in [0.05, 0.1) is 19.8 Å². The monoisotopic (exact) mass is 474 g/mol. The molecule has 0 spiro atoms. The zero-order valence-electron chi connectivity index (χ0n) is 18.3. The van der Waals surface area contributed by atoms with E-state index >= 15 is 0 Å². The van der Waals surface area contributed by atoms with Gasteiger partial charge in [-0.1, -0.05) is 0 Å². The third-order valence-corrected chi connectivity index (χ3v) is 5.71. The van der Waals surface area contributed by atoms with Crippen LogP contribution in [0.4, 0.5) is 0 Å². The summed E-state index contributed by atoms with van der Waals surface area (Å²) in [4.78, 5) is 11.6. The first-order valence-electron chi connectivity index (χ1n) is 10.4. The zero-order valence-corrected chi connectivity index (χ0v) is 18.3. The summed E-state index contributed by atoms with van der Waals surface area (Å²) < 4.78 is 27.2. The first-order chi connectivity index (χ1) is 15.5. The summed E-state index contributed by atoms with van der Waals surface area (Å²) in [5.74, 6) is 0.114. The number of carbonyl (C=O) groups is 1. The summed E-state index contributed by atoms with van der Waals surface area (Å²) in [5.41, 5.74) is 0.374. The van der Waals surface area contributed by atoms with Crippen LogP contribution in [0.1, 0.15) is 24.2 Å². The molecule has 2 aliphatic rings. The minimum absolute atomic E-state index is 0.117. The molecule has 2 heterocycles. The number of benzene rings is 1. The van der Waals surface area contributed by atoms with Crippen LogP contribution in [-0.4, -0.2) is 112 Å². The quantitative estimate of drug-likeness (QED) is 0.238. The third kappa shape index (κ3) is 5.45. The predicted octanol–water partition coefficient (Wildman–Crippen LogP) is -2.07. The van der Waals surface area contributed by atoms with Crippen molar-refractivity contribution in [3.05, 3.63) is 23.8 Å². The van der Waals surface area contributed by atoms with Gasteiger partial charge in [-0.3, -0.25) is 4.79 Å². The van der Waals surface area contributed by atoms with Crippen molar-refractivity contribution in [1.82, 2.24) is 0 Å². The van der Waals surface area contributed by atoms with Gasteiger partial charge in [0.25, 0.3) is 0 Å². The van der Waals surface area contributed by atoms with Crippen LogP contribution in [0.5, 0.6) is 11.5 Å². The van der Waals surface area contributed by atoms with Gasteiger partial charge in [-0.05, 0) is 32.0 Å². The molecule has 2 saturated heterocycles. The molecule has 33 heavy (non-hydrogen) atoms. The predicted molar refractivity (Wildman–Crippen MR) is 109 cm³/mol. The number of ketones is 1. The maximum absolute atomic E-state index is 11.6. The van der Waals surface area contributed by atoms with Crippen molar-refractivity contribution in [2.75, 3.05) is 13.7 Å². The van der Waals surface area contributed by atoms with Crippen LogP contribution < -0.4 is 9.47 Å². The van der Waals surface area contributed by atoms with Crippen LogP contribution in [0.2, 0.25) is 0 Å². The van der Waals surface area contributed by atoms with Gasteiger partial charge in [0.1, 0.15) is 42.7 Å². The number of aliphatic hydroxyl groups is 6. The number of ether oxygens (including phenoxy) is 5. The number of hydrogen-bond donors (Lipinski definition) is 6. The lowest BCUT2D eigenvalue weighted by atomic mass is 9.98. The Labute approximate surface area is 189 Å². The van der Waals surface area contributed by atoms with Gasteiger partial charge < -0.3 is 54.3 Å². The molecule has 0 radical (unpaired) electrons. The van der Waals surface area contributed by atoms with Crippen molar-refractivity contribution >= 4 is 5.78 Å². The summed E-state index contributed by atoms with van der Waals surface area (Å²) in [6.45, 7) is 2.46. The van der Waals surface area contributed by atoms with Crippen LogP contribution in [-0.2, 0) is 14.2 Å². The molecule has 2 fully saturated rings. The van der Waals surface area contributed by atoms with Crippen molar-refractivity contribution < 1.29 is 59.1 Å². The second-order valence-corrected chi connectivity index (χ2v) is 8.07. The fourth-order valence-corrected chi connectivity index (χ4v) is 3.60. The van der Waals surface area contributed by atoms with Gasteiger partial charge in [-0.15, -0.1) is 0 Å². The maximum atomic E-state index is 11.6. The Morgan fingerprint density at radius 1 is 0.879 bits per heavy atom. The molecule has 10 unspecified atom stereocenters. The van der Waals surface area contributed by atoms with E-state index in [0.717, 1.165) is 0 Å². The Morgan fingerprint density at radius 2 is 1.52 bits per heavy atom. The Bertz CT molecular complexity index is 818. The first kappa shape index (κ1) is 25.7. The number of hydrogen-bond acceptors (Lipinski definition) is 12. The van der Waals surface area contributed by atoms with Crippen LogP contribution in [0.15, 0.2) is 18.2 Å². The molecular weight excluding hydrogens is 444 g/mol. The van der Waals surface area contributed by atoms with Crippen molar-refractivity contribution in [3.8, 4) is 11.5 Å². The van der Waals surface area contributed by atoms with E-state index in [9.17, 15) is 35.4 Å². The fraction of sp³-hybridized carbons (Fsp3) is 0.667. The SMILES string of the molecule is COc1cc(C(C)=O)ccc1OC1OC(COC2OC(C)C(O)C(O)C2O)C(O)C(O)C1O. The van der Waals surface area contributed by atoms with Crippen molar-refractivity contribution in [1.29, 1.82) is 0 Å². The maximum Gasteiger partial charge on any atom is 0.229 e. The average molecular weight is 474 g/mol. The lowest BCUT2D eigenvalue weighted by Crippen LogP contribution is -2.61. The van der Waals surface area contributed by atoms with Gasteiger partial charge in [-0.2, -0.15) is 0 Å². The molecule has 0 aromatic heterocycles. The van der Waals surface area contributed by atoms with E-state index in [0.29, 0.717) is 5.56 Å². The highest BCUT2D eigenvalue weighted by Gasteiger charge is 2.47. The van der Waals surface area contributed by atoms with E-state index in [-0.39, 0.29) is 17.3 Å². The minimum atomic E-state index is -1.66. The number of carbonyl (C=O) groups excluding carboxylic acids is 1. The highest BCUT2D eigenvalue weighted by Crippen LogP contribution is 2.32. The number of Topliss-reactive ketones (excluding diaryl/α,β-unsaturated/α-hetero) is 1. The van der Waals surface area contributed by atoms with Crippen molar-refractivity contribution in [2.45, 2.75) is 75.3 Å². The molecule has 6 N–H and O–H groups in total. The Morgan fingerprint density at radius 3 is 2.15 bits per heavy atom. The summed E-state index contributed by atoms with van der Waals surface area (Å²) in [6.07, 6.45) is -14.1. The molecule has 0 aliphatic carbocycles. The highest BCUT2D eigenvalue weighted by atomic mass is 16.7. The molecule has 10 atom stereocenters. The van der Waals surface area contributed by atoms with Crippen LogP contribution in [0, 0.1) is 0 Å². The van der Waals surface area contributed by atoms with Crippen molar-refractivity contribution in [2.24, 2.45) is 0 Å². The lowest BCUT2D eigenvalue weighted by molar-refractivity contribution is -0.318. The Kier molecular flexibility index (Phi) is 8.26. The average Bonchev–Trinajstić information content (AvgIpc) is 2.80. The zero-order chi connectivity index (χ0) is 24.4. The minimum Gasteiger partial charge on any atom is -0.493 e. The summed E-state index contributed by atoms with van der Waals surface area (Å²) in [7, 11) is 1.36. The molecule has 0 saturated carbocycles. The van der Waals surface area contributed by atoms with Crippen LogP contribution in [0.25, 0.3) is 0 Å². The van der Waals surface area contributed by atoms with Crippen LogP contribution >= 0.6 is 0 Å². The van der Waals surface area contributed by atoms with E-state index in [1.165, 1.54) is 39.2 Å². The largest absolute Gasteiger partial charge is 0.493 e. The van der Waals surface area contributed by atoms with Gasteiger partial charge in [0.15, 0.2) is 23.6 Å². The van der Waals surface area contributed by atoms with E-state index in [1.54, 1.807) is 0 Å². The highest BCUT2D eigenvalue weighted by molar-refractivity contribution is 5.94. The standard InChI is InChI=1S/C21H30O12/c1-8(22)10-4-5-11(12(6-10)29-3)32-21-19(28)17(26)15(24)13(33-21)7-30-20-18(27)16(25)14(23)9(2)31-20/h4-6,9,13-21,23-28H,7H2,1-3H3. The molecule has 1 aromatic rings. The Balaban J connectivity index is 1.69. The molecule has 2 aliphatic heterocycles. The van der Waals surface area contributed by atoms with E-state index < -0.39 is 68.0 Å². The molecule has 3 rings (SSSR count). The molecule has 12 heteroatoms. The lowest BCUT2D eigenvalue weighted by Gasteiger charge is -2.42. The summed E-state index contributed by atoms with van der Waals surface area (Å²) in [5, 5.41) is 60.6. The molecule has 1 aromatic carbocycles. The summed E-state index contributed by atoms with van der Waals surface area (Å²) >= 11 is 0. The molecule has 186 valence electrons. The van der Waals surface area contributed by atoms with E-state index in [1.807, 2.05) is 0 Å². The molecule has 0 amide bonds. The normalized spacial score (nSPS) is 39.2. The fourth-order valence-electron chi connectivity index (χ4n) is 3.60. The number of rotatable bonds is 7. The molecule has 12 nitrogen and oxygen atoms in total. The van der Waals surface area contributed by atoms with Crippen LogP contribution in [0.3, 0.4) is 0 Å². The van der Waals surface area contributed by atoms with Gasteiger partial charge in [-0.25, -0.2) is 0 Å². The number of methoxy groups -OCH3 is 1. The topological polar surface area (TPSA) is 185 Å². The smallest absolute Gasteiger partial charge is 0.229 e. The number of aliphatic hydroxyl groups excluding tert-OH is 6. The third-order valence-electron chi connectivity index (χ3n) is 5.71. The summed E-state index contributed by atoms with van der Waals surface area (Å²) in [6, 6.07) is 4.38. The molecular formula is C21H30O12. The van der Waals surface area contributed by atoms with Crippen molar-refractivity contribution in [3.63, 3.8) is 0 Å². The van der Waals surface area contributed by atoms with E-state index in [2.05, 4.69) is 0 Å². The van der Waals surface area contributed by atoms with Gasteiger partial charge >= 0.3 is 0 Å². The molecule has 0 bridgehead atoms. The Hall–Kier alpha value is -1.87. The first-order valence-corrected chi connectivity index (χ1v) is 10.4. The second kappa shape index (κ2) is 10.6. The second-order valence-electron chi connectivity index (χ2n) is 8.07.